The van der Waals surface area contributed by atoms with E-state index in [0.717, 1.165) is 24.9 Å². The van der Waals surface area contributed by atoms with Crippen LogP contribution in [0.4, 0.5) is 0 Å². The summed E-state index contributed by atoms with van der Waals surface area (Å²) in [7, 11) is -3.02. The number of pyridine rings is 1. The van der Waals surface area contributed by atoms with E-state index >= 15 is 0 Å². The lowest BCUT2D eigenvalue weighted by molar-refractivity contribution is -0.124. The van der Waals surface area contributed by atoms with Crippen LogP contribution < -0.4 is 5.32 Å². The number of carbonyl (C=O) groups excluding carboxylic acids is 1. The second-order valence-corrected chi connectivity index (χ2v) is 9.13. The van der Waals surface area contributed by atoms with Crippen molar-refractivity contribution in [1.29, 1.82) is 0 Å². The highest BCUT2D eigenvalue weighted by Gasteiger charge is 2.40. The Morgan fingerprint density at radius 2 is 2.09 bits per heavy atom. The van der Waals surface area contributed by atoms with Crippen LogP contribution in [0.5, 0.6) is 0 Å². The summed E-state index contributed by atoms with van der Waals surface area (Å²) in [6, 6.07) is 4.37. The Hall–Kier alpha value is -1.47. The minimum Gasteiger partial charge on any atom is -0.349 e. The van der Waals surface area contributed by atoms with E-state index in [1.165, 1.54) is 0 Å². The minimum atomic E-state index is -3.02. The Labute approximate surface area is 137 Å². The number of hydrogen-bond acceptors (Lipinski definition) is 5. The first-order valence-corrected chi connectivity index (χ1v) is 9.82. The van der Waals surface area contributed by atoms with Gasteiger partial charge in [-0.25, -0.2) is 8.42 Å². The molecule has 1 N–H and O–H groups in total. The van der Waals surface area contributed by atoms with E-state index in [1.807, 2.05) is 19.1 Å². The zero-order chi connectivity index (χ0) is 16.5. The van der Waals surface area contributed by atoms with Gasteiger partial charge >= 0.3 is 0 Å². The molecule has 1 atom stereocenters. The normalized spacial score (nSPS) is 26.3. The molecule has 126 valence electrons. The summed E-state index contributed by atoms with van der Waals surface area (Å²) in [5.41, 5.74) is 0.510. The minimum absolute atomic E-state index is 0.0412. The smallest absolute Gasteiger partial charge is 0.234 e. The molecule has 0 bridgehead atoms. The molecule has 1 amide bonds. The second-order valence-electron chi connectivity index (χ2n) is 6.94. The zero-order valence-corrected chi connectivity index (χ0v) is 14.2. The molecule has 1 unspecified atom stereocenters. The van der Waals surface area contributed by atoms with Gasteiger partial charge in [0.05, 0.1) is 23.6 Å². The molecule has 3 rings (SSSR count). The molecule has 1 aliphatic heterocycles. The van der Waals surface area contributed by atoms with Crippen LogP contribution in [0.3, 0.4) is 0 Å². The van der Waals surface area contributed by atoms with E-state index < -0.39 is 15.4 Å². The molecule has 6 nitrogen and oxygen atoms in total. The Kier molecular flexibility index (Phi) is 4.42. The molecule has 0 radical (unpaired) electrons. The van der Waals surface area contributed by atoms with E-state index in [0.29, 0.717) is 19.0 Å². The average molecular weight is 337 g/mol. The summed E-state index contributed by atoms with van der Waals surface area (Å²) >= 11 is 0. The molecule has 1 aromatic rings. The second kappa shape index (κ2) is 6.20. The number of amides is 1. The lowest BCUT2D eigenvalue weighted by Gasteiger charge is -2.27. The van der Waals surface area contributed by atoms with Gasteiger partial charge in [0, 0.05) is 25.0 Å². The third-order valence-corrected chi connectivity index (χ3v) is 6.39. The summed E-state index contributed by atoms with van der Waals surface area (Å²) in [5.74, 6) is 0.109. The Morgan fingerprint density at radius 3 is 2.65 bits per heavy atom. The van der Waals surface area contributed by atoms with Gasteiger partial charge in [0.2, 0.25) is 5.91 Å². The molecule has 0 spiro atoms. The summed E-state index contributed by atoms with van der Waals surface area (Å²) < 4.78 is 23.3. The Bertz CT molecular complexity index is 673. The van der Waals surface area contributed by atoms with Gasteiger partial charge in [-0.3, -0.25) is 14.7 Å². The number of hydrogen-bond donors (Lipinski definition) is 1. The lowest BCUT2D eigenvalue weighted by Crippen LogP contribution is -2.50. The molecule has 1 aliphatic carbocycles. The predicted octanol–water partition coefficient (Wildman–Crippen LogP) is 0.739. The van der Waals surface area contributed by atoms with Crippen LogP contribution in [0.25, 0.3) is 0 Å². The van der Waals surface area contributed by atoms with E-state index in [4.69, 9.17) is 0 Å². The van der Waals surface area contributed by atoms with Crippen LogP contribution in [-0.2, 0) is 21.2 Å². The van der Waals surface area contributed by atoms with Gasteiger partial charge in [-0.1, -0.05) is 0 Å². The van der Waals surface area contributed by atoms with Gasteiger partial charge in [-0.05, 0) is 43.9 Å². The monoisotopic (exact) mass is 337 g/mol. The molecule has 2 aliphatic rings. The number of nitrogens with one attached hydrogen (secondary N) is 1. The quantitative estimate of drug-likeness (QED) is 0.828. The fourth-order valence-corrected chi connectivity index (χ4v) is 5.24. The average Bonchev–Trinajstić information content (AvgIpc) is 3.26. The lowest BCUT2D eigenvalue weighted by atomic mass is 10.0. The van der Waals surface area contributed by atoms with Crippen molar-refractivity contribution in [3.8, 4) is 0 Å². The molecule has 1 saturated carbocycles. The van der Waals surface area contributed by atoms with Crippen molar-refractivity contribution < 1.29 is 13.2 Å². The standard InChI is InChI=1S/C16H23N3O3S/c1-16(6-9-23(21,22)12-16)18-15(20)11-19(14-2-3-14)10-13-4-7-17-8-5-13/h4-5,7-8,14H,2-3,6,9-12H2,1H3,(H,18,20). The highest BCUT2D eigenvalue weighted by Crippen LogP contribution is 2.28. The van der Waals surface area contributed by atoms with Crippen LogP contribution in [0.1, 0.15) is 31.7 Å². The maximum atomic E-state index is 12.4. The number of rotatable bonds is 6. The fraction of sp³-hybridized carbons (Fsp3) is 0.625. The largest absolute Gasteiger partial charge is 0.349 e. The summed E-state index contributed by atoms with van der Waals surface area (Å²) in [6.07, 6.45) is 6.23. The van der Waals surface area contributed by atoms with Crippen molar-refractivity contribution >= 4 is 15.7 Å². The fourth-order valence-electron chi connectivity index (χ4n) is 3.15. The number of aromatic nitrogens is 1. The molecule has 1 aromatic heterocycles. The molecule has 1 saturated heterocycles. The summed E-state index contributed by atoms with van der Waals surface area (Å²) in [5, 5.41) is 2.94. The van der Waals surface area contributed by atoms with Crippen molar-refractivity contribution in [2.24, 2.45) is 0 Å². The topological polar surface area (TPSA) is 79.4 Å². The van der Waals surface area contributed by atoms with E-state index in [-0.39, 0.29) is 17.4 Å². The molecule has 2 heterocycles. The molecule has 0 aromatic carbocycles. The molecule has 2 fully saturated rings. The first kappa shape index (κ1) is 16.4. The van der Waals surface area contributed by atoms with Crippen molar-refractivity contribution in [1.82, 2.24) is 15.2 Å². The van der Waals surface area contributed by atoms with Crippen LogP contribution in [0.2, 0.25) is 0 Å². The van der Waals surface area contributed by atoms with Gasteiger partial charge in [0.1, 0.15) is 0 Å². The predicted molar refractivity (Wildman–Crippen MR) is 87.5 cm³/mol. The third-order valence-electron chi connectivity index (χ3n) is 4.49. The van der Waals surface area contributed by atoms with Crippen LogP contribution in [-0.4, -0.2) is 53.8 Å². The van der Waals surface area contributed by atoms with Crippen molar-refractivity contribution in [3.05, 3.63) is 30.1 Å². The first-order valence-electron chi connectivity index (χ1n) is 8.00. The highest BCUT2D eigenvalue weighted by molar-refractivity contribution is 7.91. The van der Waals surface area contributed by atoms with Gasteiger partial charge in [-0.2, -0.15) is 0 Å². The van der Waals surface area contributed by atoms with Crippen molar-refractivity contribution in [3.63, 3.8) is 0 Å². The van der Waals surface area contributed by atoms with E-state index in [1.54, 1.807) is 12.4 Å². The van der Waals surface area contributed by atoms with Gasteiger partial charge < -0.3 is 5.32 Å². The van der Waals surface area contributed by atoms with E-state index in [2.05, 4.69) is 15.2 Å². The highest BCUT2D eigenvalue weighted by atomic mass is 32.2. The van der Waals surface area contributed by atoms with Gasteiger partial charge in [0.15, 0.2) is 9.84 Å². The van der Waals surface area contributed by atoms with Crippen LogP contribution in [0.15, 0.2) is 24.5 Å². The number of carbonyl (C=O) groups is 1. The maximum absolute atomic E-state index is 12.4. The Morgan fingerprint density at radius 1 is 1.39 bits per heavy atom. The van der Waals surface area contributed by atoms with Crippen molar-refractivity contribution in [2.45, 2.75) is 44.3 Å². The first-order chi connectivity index (χ1) is 10.9. The third kappa shape index (κ3) is 4.51. The molecular weight excluding hydrogens is 314 g/mol. The summed E-state index contributed by atoms with van der Waals surface area (Å²) in [6.45, 7) is 2.85. The zero-order valence-electron chi connectivity index (χ0n) is 13.4. The van der Waals surface area contributed by atoms with Crippen LogP contribution in [0, 0.1) is 0 Å². The number of nitrogens with zero attached hydrogens (tertiary/aromatic N) is 2. The SMILES string of the molecule is CC1(NC(=O)CN(Cc2ccncc2)C2CC2)CCS(=O)(=O)C1. The van der Waals surface area contributed by atoms with Crippen molar-refractivity contribution in [2.75, 3.05) is 18.1 Å². The molecule has 23 heavy (non-hydrogen) atoms. The maximum Gasteiger partial charge on any atom is 0.234 e. The number of sulfone groups is 1. The van der Waals surface area contributed by atoms with Gasteiger partial charge in [-0.15, -0.1) is 0 Å². The van der Waals surface area contributed by atoms with Crippen LogP contribution >= 0.6 is 0 Å². The molecular formula is C16H23N3O3S. The molecule has 7 heteroatoms. The van der Waals surface area contributed by atoms with E-state index in [9.17, 15) is 13.2 Å². The summed E-state index contributed by atoms with van der Waals surface area (Å²) in [4.78, 5) is 18.6. The Balaban J connectivity index is 1.59. The van der Waals surface area contributed by atoms with Gasteiger partial charge in [0.25, 0.3) is 0 Å².